The fourth-order valence-corrected chi connectivity index (χ4v) is 5.12. The van der Waals surface area contributed by atoms with Gasteiger partial charge in [0.2, 0.25) is 5.91 Å². The third kappa shape index (κ3) is 4.92. The fraction of sp³-hybridized carbons (Fsp3) is 0.261. The van der Waals surface area contributed by atoms with E-state index in [1.807, 2.05) is 0 Å². The molecule has 11 heteroatoms. The largest absolute Gasteiger partial charge is 0.456 e. The van der Waals surface area contributed by atoms with Crippen LogP contribution < -0.4 is 5.32 Å². The molecule has 0 radical (unpaired) electrons. The number of rotatable bonds is 7. The Bertz CT molecular complexity index is 1180. The molecule has 34 heavy (non-hydrogen) atoms. The normalized spacial score (nSPS) is 19.2. The first-order valence-electron chi connectivity index (χ1n) is 10.3. The molecule has 4 rings (SSSR count). The molecule has 2 aliphatic rings. The Morgan fingerprint density at radius 1 is 1.18 bits per heavy atom. The number of nitro benzene ring substituents is 1. The third-order valence-corrected chi connectivity index (χ3v) is 7.14. The quantitative estimate of drug-likeness (QED) is 0.268. The standard InChI is InChI=1S/C23H20ClN3O6S/c1-13-12-34-22-19(25-18(28)10-14-2-6-16(24)7-3-14)21(29)26(22)20(13)23(30)33-11-15-4-8-17(9-5-15)27(31)32/h2-9,19,22H,10-12H2,1H3,(H,25,28)/t19?,22-/m1/s1. The van der Waals surface area contributed by atoms with Crippen LogP contribution >= 0.6 is 23.4 Å². The van der Waals surface area contributed by atoms with E-state index >= 15 is 0 Å². The van der Waals surface area contributed by atoms with Crippen molar-refractivity contribution in [3.05, 3.63) is 86.1 Å². The van der Waals surface area contributed by atoms with Crippen molar-refractivity contribution in [1.29, 1.82) is 0 Å². The number of carbonyl (C=O) groups is 3. The molecule has 2 amide bonds. The van der Waals surface area contributed by atoms with Crippen molar-refractivity contribution >= 4 is 46.8 Å². The van der Waals surface area contributed by atoms with Gasteiger partial charge in [-0.1, -0.05) is 23.7 Å². The van der Waals surface area contributed by atoms with E-state index in [2.05, 4.69) is 5.32 Å². The number of esters is 1. The predicted octanol–water partition coefficient (Wildman–Crippen LogP) is 3.21. The van der Waals surface area contributed by atoms with E-state index in [4.69, 9.17) is 16.3 Å². The van der Waals surface area contributed by atoms with Gasteiger partial charge in [-0.25, -0.2) is 4.79 Å². The summed E-state index contributed by atoms with van der Waals surface area (Å²) in [7, 11) is 0. The van der Waals surface area contributed by atoms with E-state index in [0.29, 0.717) is 21.9 Å². The smallest absolute Gasteiger partial charge is 0.355 e. The SMILES string of the molecule is CC1=C(C(=O)OCc2ccc([N+](=O)[O-])cc2)N2C(=O)C(NC(=O)Cc3ccc(Cl)cc3)[C@H]2SC1. The highest BCUT2D eigenvalue weighted by atomic mass is 35.5. The minimum Gasteiger partial charge on any atom is -0.456 e. The lowest BCUT2D eigenvalue weighted by Gasteiger charge is -2.49. The number of thioether (sulfide) groups is 1. The molecule has 176 valence electrons. The molecule has 1 saturated heterocycles. The first kappa shape index (κ1) is 23.8. The first-order valence-corrected chi connectivity index (χ1v) is 11.8. The number of hydrogen-bond acceptors (Lipinski definition) is 7. The fourth-order valence-electron chi connectivity index (χ4n) is 3.71. The topological polar surface area (TPSA) is 119 Å². The molecule has 2 atom stereocenters. The lowest BCUT2D eigenvalue weighted by molar-refractivity contribution is -0.384. The van der Waals surface area contributed by atoms with Gasteiger partial charge in [0.1, 0.15) is 23.7 Å². The number of nitro groups is 1. The summed E-state index contributed by atoms with van der Waals surface area (Å²) >= 11 is 7.33. The van der Waals surface area contributed by atoms with Crippen molar-refractivity contribution in [3.63, 3.8) is 0 Å². The molecular weight excluding hydrogens is 482 g/mol. The van der Waals surface area contributed by atoms with Crippen LogP contribution in [0.1, 0.15) is 18.1 Å². The third-order valence-electron chi connectivity index (χ3n) is 5.46. The minimum absolute atomic E-state index is 0.0592. The molecule has 2 heterocycles. The summed E-state index contributed by atoms with van der Waals surface area (Å²) in [5.74, 6) is -0.807. The summed E-state index contributed by atoms with van der Waals surface area (Å²) < 4.78 is 5.38. The molecule has 2 aromatic rings. The number of amides is 2. The molecular formula is C23H20ClN3O6S. The molecule has 0 spiro atoms. The molecule has 2 aromatic carbocycles. The van der Waals surface area contributed by atoms with E-state index in [1.165, 1.54) is 40.9 Å². The summed E-state index contributed by atoms with van der Waals surface area (Å²) in [5.41, 5.74) is 2.18. The highest BCUT2D eigenvalue weighted by Gasteiger charge is 2.53. The molecule has 0 aromatic heterocycles. The Morgan fingerprint density at radius 3 is 2.47 bits per heavy atom. The van der Waals surface area contributed by atoms with Crippen LogP contribution in [0.25, 0.3) is 0 Å². The maximum atomic E-state index is 12.8. The summed E-state index contributed by atoms with van der Waals surface area (Å²) in [6.45, 7) is 1.67. The maximum Gasteiger partial charge on any atom is 0.355 e. The molecule has 9 nitrogen and oxygen atoms in total. The number of carbonyl (C=O) groups excluding carboxylic acids is 3. The van der Waals surface area contributed by atoms with E-state index in [1.54, 1.807) is 31.2 Å². The van der Waals surface area contributed by atoms with Gasteiger partial charge < -0.3 is 10.1 Å². The van der Waals surface area contributed by atoms with Gasteiger partial charge in [0.05, 0.1) is 11.3 Å². The van der Waals surface area contributed by atoms with Crippen LogP contribution in [0, 0.1) is 10.1 Å². The van der Waals surface area contributed by atoms with Gasteiger partial charge in [-0.2, -0.15) is 0 Å². The van der Waals surface area contributed by atoms with Crippen LogP contribution in [0.3, 0.4) is 0 Å². The minimum atomic E-state index is -0.727. The Hall–Kier alpha value is -3.37. The number of ether oxygens (including phenoxy) is 1. The van der Waals surface area contributed by atoms with Crippen molar-refractivity contribution in [1.82, 2.24) is 10.2 Å². The summed E-state index contributed by atoms with van der Waals surface area (Å²) in [5, 5.41) is 13.7. The van der Waals surface area contributed by atoms with E-state index in [-0.39, 0.29) is 36.2 Å². The van der Waals surface area contributed by atoms with Crippen LogP contribution in [0.15, 0.2) is 59.8 Å². The lowest BCUT2D eigenvalue weighted by atomic mass is 10.0. The Morgan fingerprint density at radius 2 is 1.82 bits per heavy atom. The van der Waals surface area contributed by atoms with E-state index in [0.717, 1.165) is 5.56 Å². The molecule has 0 saturated carbocycles. The van der Waals surface area contributed by atoms with Crippen LogP contribution in [-0.2, 0) is 32.1 Å². The van der Waals surface area contributed by atoms with Gasteiger partial charge in [-0.15, -0.1) is 11.8 Å². The van der Waals surface area contributed by atoms with Gasteiger partial charge in [0, 0.05) is 22.9 Å². The summed E-state index contributed by atoms with van der Waals surface area (Å²) in [6.07, 6.45) is 0.108. The van der Waals surface area contributed by atoms with Crippen molar-refractivity contribution in [3.8, 4) is 0 Å². The zero-order chi connectivity index (χ0) is 24.4. The molecule has 1 unspecified atom stereocenters. The van der Waals surface area contributed by atoms with Gasteiger partial charge in [-0.05, 0) is 47.9 Å². The zero-order valence-electron chi connectivity index (χ0n) is 18.0. The average Bonchev–Trinajstić information content (AvgIpc) is 2.82. The van der Waals surface area contributed by atoms with Crippen molar-refractivity contribution < 1.29 is 24.0 Å². The second-order valence-corrected chi connectivity index (χ2v) is 9.43. The Labute approximate surface area is 204 Å². The maximum absolute atomic E-state index is 12.8. The van der Waals surface area contributed by atoms with Crippen LogP contribution in [0.4, 0.5) is 5.69 Å². The number of nitrogens with one attached hydrogen (secondary N) is 1. The average molecular weight is 502 g/mol. The number of fused-ring (bicyclic) bond motifs is 1. The number of β-lactam (4-membered cyclic amide) rings is 1. The van der Waals surface area contributed by atoms with Crippen molar-refractivity contribution in [2.75, 3.05) is 5.75 Å². The second kappa shape index (κ2) is 9.86. The monoisotopic (exact) mass is 501 g/mol. The van der Waals surface area contributed by atoms with Gasteiger partial charge in [-0.3, -0.25) is 24.6 Å². The second-order valence-electron chi connectivity index (χ2n) is 7.89. The highest BCUT2D eigenvalue weighted by molar-refractivity contribution is 8.00. The van der Waals surface area contributed by atoms with Gasteiger partial charge in [0.15, 0.2) is 0 Å². The molecule has 0 aliphatic carbocycles. The number of non-ortho nitro benzene ring substituents is 1. The molecule has 0 bridgehead atoms. The molecule has 2 aliphatic heterocycles. The molecule has 1 N–H and O–H groups in total. The Kier molecular flexibility index (Phi) is 6.90. The Balaban J connectivity index is 1.37. The first-order chi connectivity index (χ1) is 16.2. The van der Waals surface area contributed by atoms with Crippen LogP contribution in [0.2, 0.25) is 5.02 Å². The highest BCUT2D eigenvalue weighted by Crippen LogP contribution is 2.40. The van der Waals surface area contributed by atoms with Gasteiger partial charge in [0.25, 0.3) is 11.6 Å². The van der Waals surface area contributed by atoms with Gasteiger partial charge >= 0.3 is 5.97 Å². The number of halogens is 1. The number of hydrogen-bond donors (Lipinski definition) is 1. The molecule has 1 fully saturated rings. The van der Waals surface area contributed by atoms with Crippen molar-refractivity contribution in [2.45, 2.75) is 31.4 Å². The summed E-state index contributed by atoms with van der Waals surface area (Å²) in [6, 6.07) is 11.8. The van der Waals surface area contributed by atoms with Crippen LogP contribution in [0.5, 0.6) is 0 Å². The summed E-state index contributed by atoms with van der Waals surface area (Å²) in [4.78, 5) is 49.7. The predicted molar refractivity (Wildman–Crippen MR) is 126 cm³/mol. The number of nitrogens with zero attached hydrogens (tertiary/aromatic N) is 2. The number of benzene rings is 2. The van der Waals surface area contributed by atoms with E-state index < -0.39 is 22.3 Å². The van der Waals surface area contributed by atoms with Crippen LogP contribution in [-0.4, -0.2) is 44.8 Å². The van der Waals surface area contributed by atoms with E-state index in [9.17, 15) is 24.5 Å². The lowest BCUT2D eigenvalue weighted by Crippen LogP contribution is -2.70. The van der Waals surface area contributed by atoms with Crippen molar-refractivity contribution in [2.24, 2.45) is 0 Å². The zero-order valence-corrected chi connectivity index (χ0v) is 19.6.